The molecule has 0 unspecified atom stereocenters. The Bertz CT molecular complexity index is 951. The third-order valence-corrected chi connectivity index (χ3v) is 4.39. The first-order valence-electron chi connectivity index (χ1n) is 7.41. The fraction of sp³-hybridized carbons (Fsp3) is 0.0556. The summed E-state index contributed by atoms with van der Waals surface area (Å²) in [6.07, 6.45) is 1.48. The fourth-order valence-corrected chi connectivity index (χ4v) is 2.95. The predicted molar refractivity (Wildman–Crippen MR) is 102 cm³/mol. The van der Waals surface area contributed by atoms with Gasteiger partial charge in [0.2, 0.25) is 0 Å². The van der Waals surface area contributed by atoms with E-state index in [0.29, 0.717) is 11.3 Å². The first kappa shape index (κ1) is 17.2. The van der Waals surface area contributed by atoms with Gasteiger partial charge in [0.05, 0.1) is 34.4 Å². The summed E-state index contributed by atoms with van der Waals surface area (Å²) in [5.41, 5.74) is 2.21. The molecule has 0 bridgehead atoms. The van der Waals surface area contributed by atoms with Gasteiger partial charge in [0.1, 0.15) is 0 Å². The van der Waals surface area contributed by atoms with Gasteiger partial charge in [-0.25, -0.2) is 9.48 Å². The summed E-state index contributed by atoms with van der Waals surface area (Å²) in [5, 5.41) is 16.2. The van der Waals surface area contributed by atoms with Crippen molar-refractivity contribution in [2.45, 2.75) is 6.92 Å². The van der Waals surface area contributed by atoms with E-state index in [-0.39, 0.29) is 11.3 Å². The molecule has 6 nitrogen and oxygen atoms in total. The van der Waals surface area contributed by atoms with Gasteiger partial charge in [0.25, 0.3) is 5.91 Å². The molecule has 0 atom stereocenters. The molecule has 0 aliphatic rings. The number of para-hydroxylation sites is 1. The van der Waals surface area contributed by atoms with Gasteiger partial charge in [-0.15, -0.1) is 0 Å². The second-order valence-corrected chi connectivity index (χ2v) is 6.59. The van der Waals surface area contributed by atoms with E-state index in [9.17, 15) is 14.7 Å². The van der Waals surface area contributed by atoms with Crippen LogP contribution in [0.2, 0.25) is 0 Å². The van der Waals surface area contributed by atoms with Crippen LogP contribution in [0.15, 0.2) is 54.7 Å². The SMILES string of the molecule is Cc1c(C(=O)Nc2ccc(I)cc2C(=O)O)cnn1-c1ccccc1. The van der Waals surface area contributed by atoms with E-state index >= 15 is 0 Å². The highest BCUT2D eigenvalue weighted by molar-refractivity contribution is 14.1. The zero-order valence-corrected chi connectivity index (χ0v) is 15.4. The lowest BCUT2D eigenvalue weighted by atomic mass is 10.1. The van der Waals surface area contributed by atoms with Crippen LogP contribution in [0.1, 0.15) is 26.4 Å². The maximum Gasteiger partial charge on any atom is 0.337 e. The molecule has 25 heavy (non-hydrogen) atoms. The molecular formula is C18H14IN3O3. The molecule has 1 aromatic heterocycles. The average Bonchev–Trinajstić information content (AvgIpc) is 2.98. The smallest absolute Gasteiger partial charge is 0.337 e. The van der Waals surface area contributed by atoms with E-state index in [1.54, 1.807) is 23.7 Å². The molecular weight excluding hydrogens is 433 g/mol. The number of nitrogens with zero attached hydrogens (tertiary/aromatic N) is 2. The van der Waals surface area contributed by atoms with Gasteiger partial charge >= 0.3 is 5.97 Å². The number of carbonyl (C=O) groups excluding carboxylic acids is 1. The summed E-state index contributed by atoms with van der Waals surface area (Å²) >= 11 is 2.03. The molecule has 0 aliphatic heterocycles. The van der Waals surface area contributed by atoms with E-state index in [0.717, 1.165) is 9.26 Å². The molecule has 0 saturated carbocycles. The van der Waals surface area contributed by atoms with Crippen molar-refractivity contribution in [3.05, 3.63) is 75.1 Å². The molecule has 126 valence electrons. The van der Waals surface area contributed by atoms with Crippen molar-refractivity contribution in [2.24, 2.45) is 0 Å². The van der Waals surface area contributed by atoms with Crippen LogP contribution in [0.3, 0.4) is 0 Å². The zero-order valence-electron chi connectivity index (χ0n) is 13.2. The average molecular weight is 447 g/mol. The largest absolute Gasteiger partial charge is 0.478 e. The molecule has 7 heteroatoms. The van der Waals surface area contributed by atoms with Crippen LogP contribution >= 0.6 is 22.6 Å². The Labute approximate surface area is 157 Å². The first-order valence-corrected chi connectivity index (χ1v) is 8.49. The van der Waals surface area contributed by atoms with Crippen LogP contribution in [-0.2, 0) is 0 Å². The lowest BCUT2D eigenvalue weighted by molar-refractivity contribution is 0.0698. The summed E-state index contributed by atoms with van der Waals surface area (Å²) < 4.78 is 2.45. The number of amides is 1. The third kappa shape index (κ3) is 3.55. The Kier molecular flexibility index (Phi) is 4.84. The number of anilines is 1. The minimum atomic E-state index is -1.09. The van der Waals surface area contributed by atoms with Crippen molar-refractivity contribution >= 4 is 40.2 Å². The van der Waals surface area contributed by atoms with Crippen LogP contribution in [0.4, 0.5) is 5.69 Å². The van der Waals surface area contributed by atoms with E-state index in [1.165, 1.54) is 12.3 Å². The summed E-state index contributed by atoms with van der Waals surface area (Å²) in [4.78, 5) is 24.0. The number of hydrogen-bond donors (Lipinski definition) is 2. The fourth-order valence-electron chi connectivity index (χ4n) is 2.45. The summed E-state index contributed by atoms with van der Waals surface area (Å²) in [7, 11) is 0. The second kappa shape index (κ2) is 7.06. The first-order chi connectivity index (χ1) is 12.0. The molecule has 0 saturated heterocycles. The molecule has 3 aromatic rings. The topological polar surface area (TPSA) is 84.2 Å². The highest BCUT2D eigenvalue weighted by Gasteiger charge is 2.18. The Morgan fingerprint density at radius 2 is 1.84 bits per heavy atom. The van der Waals surface area contributed by atoms with Gasteiger partial charge in [0.15, 0.2) is 0 Å². The molecule has 0 aliphatic carbocycles. The highest BCUT2D eigenvalue weighted by atomic mass is 127. The van der Waals surface area contributed by atoms with E-state index in [2.05, 4.69) is 10.4 Å². The molecule has 3 rings (SSSR count). The number of carbonyl (C=O) groups is 2. The Morgan fingerprint density at radius 1 is 1.12 bits per heavy atom. The van der Waals surface area contributed by atoms with Gasteiger partial charge in [-0.3, -0.25) is 4.79 Å². The maximum absolute atomic E-state index is 12.6. The number of aromatic nitrogens is 2. The third-order valence-electron chi connectivity index (χ3n) is 3.72. The lowest BCUT2D eigenvalue weighted by Crippen LogP contribution is -2.16. The van der Waals surface area contributed by atoms with Crippen LogP contribution in [0, 0.1) is 10.5 Å². The standard InChI is InChI=1S/C18H14IN3O3/c1-11-15(10-20-22(11)13-5-3-2-4-6-13)17(23)21-16-8-7-12(19)9-14(16)18(24)25/h2-10H,1H3,(H,21,23)(H,24,25). The molecule has 2 N–H and O–H groups in total. The molecule has 0 spiro atoms. The van der Waals surface area contributed by atoms with Crippen molar-refractivity contribution in [2.75, 3.05) is 5.32 Å². The Morgan fingerprint density at radius 3 is 2.52 bits per heavy atom. The van der Waals surface area contributed by atoms with Crippen LogP contribution in [-0.4, -0.2) is 26.8 Å². The minimum absolute atomic E-state index is 0.0494. The van der Waals surface area contributed by atoms with Gasteiger partial charge in [-0.2, -0.15) is 5.10 Å². The number of rotatable bonds is 4. The lowest BCUT2D eigenvalue weighted by Gasteiger charge is -2.09. The monoisotopic (exact) mass is 447 g/mol. The predicted octanol–water partition coefficient (Wildman–Crippen LogP) is 3.74. The number of hydrogen-bond acceptors (Lipinski definition) is 3. The van der Waals surface area contributed by atoms with Gasteiger partial charge < -0.3 is 10.4 Å². The number of aromatic carboxylic acids is 1. The van der Waals surface area contributed by atoms with Crippen molar-refractivity contribution < 1.29 is 14.7 Å². The number of carboxylic acid groups (broad SMARTS) is 1. The molecule has 2 aromatic carbocycles. The van der Waals surface area contributed by atoms with Crippen molar-refractivity contribution in [1.29, 1.82) is 0 Å². The van der Waals surface area contributed by atoms with Gasteiger partial charge in [0, 0.05) is 3.57 Å². The summed E-state index contributed by atoms with van der Waals surface area (Å²) in [6.45, 7) is 1.79. The normalized spacial score (nSPS) is 10.5. The Balaban J connectivity index is 1.91. The molecule has 0 fully saturated rings. The summed E-state index contributed by atoms with van der Waals surface area (Å²) in [5.74, 6) is -1.49. The zero-order chi connectivity index (χ0) is 18.0. The quantitative estimate of drug-likeness (QED) is 0.597. The van der Waals surface area contributed by atoms with Crippen LogP contribution in [0.25, 0.3) is 5.69 Å². The van der Waals surface area contributed by atoms with E-state index in [4.69, 9.17) is 0 Å². The number of halogens is 1. The number of nitrogens with one attached hydrogen (secondary N) is 1. The van der Waals surface area contributed by atoms with Crippen LogP contribution in [0.5, 0.6) is 0 Å². The van der Waals surface area contributed by atoms with Gasteiger partial charge in [-0.05, 0) is 59.8 Å². The van der Waals surface area contributed by atoms with Crippen molar-refractivity contribution in [1.82, 2.24) is 9.78 Å². The number of carboxylic acids is 1. The van der Waals surface area contributed by atoms with Crippen LogP contribution < -0.4 is 5.32 Å². The maximum atomic E-state index is 12.6. The highest BCUT2D eigenvalue weighted by Crippen LogP contribution is 2.21. The van der Waals surface area contributed by atoms with Crippen molar-refractivity contribution in [3.63, 3.8) is 0 Å². The Hall–Kier alpha value is -2.68. The van der Waals surface area contributed by atoms with Crippen molar-refractivity contribution in [3.8, 4) is 5.69 Å². The minimum Gasteiger partial charge on any atom is -0.478 e. The van der Waals surface area contributed by atoms with E-state index in [1.807, 2.05) is 52.9 Å². The number of benzene rings is 2. The van der Waals surface area contributed by atoms with E-state index < -0.39 is 11.9 Å². The molecule has 1 amide bonds. The van der Waals surface area contributed by atoms with Gasteiger partial charge in [-0.1, -0.05) is 18.2 Å². The summed E-state index contributed by atoms with van der Waals surface area (Å²) in [6, 6.07) is 14.3. The second-order valence-electron chi connectivity index (χ2n) is 5.34. The molecule has 0 radical (unpaired) electrons. The molecule has 1 heterocycles.